The number of hydrogen-bond acceptors (Lipinski definition) is 2. The molecule has 3 heteroatoms. The summed E-state index contributed by atoms with van der Waals surface area (Å²) in [6, 6.07) is 9.27. The van der Waals surface area contributed by atoms with E-state index >= 15 is 0 Å². The van der Waals surface area contributed by atoms with Crippen LogP contribution in [0.1, 0.15) is 0 Å². The van der Waals surface area contributed by atoms with Gasteiger partial charge in [0.25, 0.3) is 0 Å². The molecule has 0 bridgehead atoms. The zero-order chi connectivity index (χ0) is 10.1. The number of nitrogen functional groups attached to an aromatic ring is 1. The van der Waals surface area contributed by atoms with Gasteiger partial charge in [0.15, 0.2) is 0 Å². The van der Waals surface area contributed by atoms with E-state index in [2.05, 4.69) is 0 Å². The lowest BCUT2D eigenvalue weighted by Gasteiger charge is -2.08. The molecule has 0 spiro atoms. The molecule has 0 saturated carbocycles. The summed E-state index contributed by atoms with van der Waals surface area (Å²) in [6.07, 6.45) is 0. The number of ether oxygens (including phenoxy) is 1. The van der Waals surface area contributed by atoms with Gasteiger partial charge in [0.1, 0.15) is 5.75 Å². The maximum atomic E-state index is 6.08. The summed E-state index contributed by atoms with van der Waals surface area (Å²) in [6.45, 7) is 0. The van der Waals surface area contributed by atoms with Gasteiger partial charge >= 0.3 is 0 Å². The molecule has 0 fully saturated rings. The summed E-state index contributed by atoms with van der Waals surface area (Å²) in [5.74, 6) is 0.750. The molecule has 0 heterocycles. The molecule has 0 aliphatic rings. The molecule has 2 aromatic carbocycles. The predicted octanol–water partition coefficient (Wildman–Crippen LogP) is 3.08. The van der Waals surface area contributed by atoms with Crippen LogP contribution in [0.3, 0.4) is 0 Å². The summed E-state index contributed by atoms with van der Waals surface area (Å²) in [5.41, 5.74) is 6.55. The molecule has 14 heavy (non-hydrogen) atoms. The van der Waals surface area contributed by atoms with E-state index in [0.29, 0.717) is 10.7 Å². The van der Waals surface area contributed by atoms with Crippen molar-refractivity contribution < 1.29 is 4.74 Å². The molecule has 0 aliphatic carbocycles. The van der Waals surface area contributed by atoms with Crippen LogP contribution in [0.4, 0.5) is 5.69 Å². The Morgan fingerprint density at radius 3 is 2.71 bits per heavy atom. The van der Waals surface area contributed by atoms with Crippen molar-refractivity contribution in [3.63, 3.8) is 0 Å². The van der Waals surface area contributed by atoms with Crippen LogP contribution in [0.25, 0.3) is 10.8 Å². The Morgan fingerprint density at radius 1 is 1.21 bits per heavy atom. The Bertz CT molecular complexity index is 482. The number of benzene rings is 2. The molecule has 2 rings (SSSR count). The van der Waals surface area contributed by atoms with Crippen molar-refractivity contribution in [3.8, 4) is 5.75 Å². The van der Waals surface area contributed by atoms with Crippen molar-refractivity contribution in [2.24, 2.45) is 0 Å². The fourth-order valence-corrected chi connectivity index (χ4v) is 1.79. The summed E-state index contributed by atoms with van der Waals surface area (Å²) >= 11 is 6.08. The first-order chi connectivity index (χ1) is 6.74. The van der Waals surface area contributed by atoms with Gasteiger partial charge in [0.05, 0.1) is 12.1 Å². The van der Waals surface area contributed by atoms with Crippen LogP contribution in [0.15, 0.2) is 30.3 Å². The van der Waals surface area contributed by atoms with Gasteiger partial charge in [0.2, 0.25) is 0 Å². The molecule has 2 N–H and O–H groups in total. The highest BCUT2D eigenvalue weighted by Crippen LogP contribution is 2.34. The van der Waals surface area contributed by atoms with Gasteiger partial charge in [-0.3, -0.25) is 0 Å². The van der Waals surface area contributed by atoms with Crippen LogP contribution in [0, 0.1) is 0 Å². The van der Waals surface area contributed by atoms with Crippen molar-refractivity contribution in [2.45, 2.75) is 0 Å². The minimum Gasteiger partial charge on any atom is -0.496 e. The number of anilines is 1. The number of rotatable bonds is 1. The van der Waals surface area contributed by atoms with Gasteiger partial charge in [-0.15, -0.1) is 0 Å². The van der Waals surface area contributed by atoms with Crippen LogP contribution >= 0.6 is 11.6 Å². The van der Waals surface area contributed by atoms with Crippen LogP contribution in [0.5, 0.6) is 5.75 Å². The van der Waals surface area contributed by atoms with Crippen molar-refractivity contribution in [1.82, 2.24) is 0 Å². The third-order valence-corrected chi connectivity index (χ3v) is 2.52. The van der Waals surface area contributed by atoms with Gasteiger partial charge in [-0.25, -0.2) is 0 Å². The number of hydrogen-bond donors (Lipinski definition) is 1. The Hall–Kier alpha value is -1.41. The van der Waals surface area contributed by atoms with Gasteiger partial charge in [0, 0.05) is 16.5 Å². The average molecular weight is 208 g/mol. The minimum absolute atomic E-state index is 0.659. The molecule has 0 unspecified atom stereocenters. The third kappa shape index (κ3) is 1.28. The van der Waals surface area contributed by atoms with E-state index in [1.807, 2.05) is 30.3 Å². The highest BCUT2D eigenvalue weighted by Gasteiger charge is 2.07. The van der Waals surface area contributed by atoms with Crippen molar-refractivity contribution in [3.05, 3.63) is 35.4 Å². The van der Waals surface area contributed by atoms with Crippen molar-refractivity contribution in [1.29, 1.82) is 0 Å². The number of methoxy groups -OCH3 is 1. The molecule has 0 saturated heterocycles. The van der Waals surface area contributed by atoms with E-state index in [9.17, 15) is 0 Å². The zero-order valence-electron chi connectivity index (χ0n) is 7.75. The maximum Gasteiger partial charge on any atom is 0.128 e. The molecule has 2 aromatic rings. The lowest BCUT2D eigenvalue weighted by molar-refractivity contribution is 0.420. The first-order valence-electron chi connectivity index (χ1n) is 4.24. The monoisotopic (exact) mass is 207 g/mol. The summed E-state index contributed by atoms with van der Waals surface area (Å²) in [4.78, 5) is 0. The quantitative estimate of drug-likeness (QED) is 0.730. The molecule has 0 aromatic heterocycles. The number of halogens is 1. The standard InChI is InChI=1S/C11H10ClNO/c1-14-10-6-5-9(13)7-3-2-4-8(12)11(7)10/h2-6H,13H2,1H3. The van der Waals surface area contributed by atoms with E-state index in [1.165, 1.54) is 0 Å². The molecule has 0 aliphatic heterocycles. The zero-order valence-corrected chi connectivity index (χ0v) is 8.51. The Kier molecular flexibility index (Phi) is 2.22. The Balaban J connectivity index is 2.92. The summed E-state index contributed by atoms with van der Waals surface area (Å²) in [5, 5.41) is 2.46. The number of nitrogens with two attached hydrogens (primary N) is 1. The number of fused-ring (bicyclic) bond motifs is 1. The second kappa shape index (κ2) is 3.39. The van der Waals surface area contributed by atoms with Crippen LogP contribution in [-0.4, -0.2) is 7.11 Å². The van der Waals surface area contributed by atoms with Crippen LogP contribution in [-0.2, 0) is 0 Å². The molecular weight excluding hydrogens is 198 g/mol. The predicted molar refractivity (Wildman–Crippen MR) is 59.9 cm³/mol. The van der Waals surface area contributed by atoms with E-state index in [-0.39, 0.29) is 0 Å². The second-order valence-electron chi connectivity index (χ2n) is 3.02. The van der Waals surface area contributed by atoms with Crippen molar-refractivity contribution in [2.75, 3.05) is 12.8 Å². The second-order valence-corrected chi connectivity index (χ2v) is 3.43. The van der Waals surface area contributed by atoms with Gasteiger partial charge in [-0.1, -0.05) is 23.7 Å². The van der Waals surface area contributed by atoms with Crippen LogP contribution < -0.4 is 10.5 Å². The smallest absolute Gasteiger partial charge is 0.128 e. The lowest BCUT2D eigenvalue weighted by atomic mass is 10.1. The van der Waals surface area contributed by atoms with Crippen molar-refractivity contribution >= 4 is 28.1 Å². The Labute approximate surface area is 87.2 Å². The van der Waals surface area contributed by atoms with Gasteiger partial charge < -0.3 is 10.5 Å². The van der Waals surface area contributed by atoms with E-state index < -0.39 is 0 Å². The average Bonchev–Trinajstić information content (AvgIpc) is 2.20. The molecule has 0 atom stereocenters. The minimum atomic E-state index is 0.659. The fraction of sp³-hybridized carbons (Fsp3) is 0.0909. The molecule has 72 valence electrons. The third-order valence-electron chi connectivity index (χ3n) is 2.21. The summed E-state index contributed by atoms with van der Waals surface area (Å²) in [7, 11) is 1.62. The molecule has 0 amide bonds. The topological polar surface area (TPSA) is 35.2 Å². The Morgan fingerprint density at radius 2 is 2.00 bits per heavy atom. The van der Waals surface area contributed by atoms with Gasteiger partial charge in [-0.2, -0.15) is 0 Å². The van der Waals surface area contributed by atoms with Gasteiger partial charge in [-0.05, 0) is 18.2 Å². The first-order valence-corrected chi connectivity index (χ1v) is 4.62. The van der Waals surface area contributed by atoms with E-state index in [1.54, 1.807) is 7.11 Å². The first kappa shape index (κ1) is 9.16. The fourth-order valence-electron chi connectivity index (χ4n) is 1.52. The molecule has 2 nitrogen and oxygen atoms in total. The highest BCUT2D eigenvalue weighted by molar-refractivity contribution is 6.36. The van der Waals surface area contributed by atoms with E-state index in [4.69, 9.17) is 22.1 Å². The van der Waals surface area contributed by atoms with Crippen LogP contribution in [0.2, 0.25) is 5.02 Å². The lowest BCUT2D eigenvalue weighted by Crippen LogP contribution is -1.90. The highest BCUT2D eigenvalue weighted by atomic mass is 35.5. The molecule has 0 radical (unpaired) electrons. The SMILES string of the molecule is COc1ccc(N)c2cccc(Cl)c12. The largest absolute Gasteiger partial charge is 0.496 e. The molecular formula is C11H10ClNO. The maximum absolute atomic E-state index is 6.08. The van der Waals surface area contributed by atoms with E-state index in [0.717, 1.165) is 16.5 Å². The normalized spacial score (nSPS) is 10.4. The summed E-state index contributed by atoms with van der Waals surface area (Å²) < 4.78 is 5.22.